The molecule has 0 bridgehead atoms. The largest absolute Gasteiger partial charge is 0.472 e. The van der Waals surface area contributed by atoms with E-state index in [-0.39, 0.29) is 6.04 Å². The highest BCUT2D eigenvalue weighted by molar-refractivity contribution is 7.08. The predicted octanol–water partition coefficient (Wildman–Crippen LogP) is 2.40. The number of rotatable bonds is 4. The Labute approximate surface area is 92.9 Å². The quantitative estimate of drug-likeness (QED) is 0.617. The van der Waals surface area contributed by atoms with E-state index in [0.717, 1.165) is 12.0 Å². The van der Waals surface area contributed by atoms with E-state index in [9.17, 15) is 0 Å². The van der Waals surface area contributed by atoms with Crippen LogP contribution in [0.25, 0.3) is 0 Å². The van der Waals surface area contributed by atoms with Crippen LogP contribution in [0, 0.1) is 6.92 Å². The Morgan fingerprint density at radius 1 is 1.53 bits per heavy atom. The lowest BCUT2D eigenvalue weighted by Gasteiger charge is -2.14. The van der Waals surface area contributed by atoms with Gasteiger partial charge >= 0.3 is 0 Å². The third-order valence-electron chi connectivity index (χ3n) is 2.49. The molecule has 1 unspecified atom stereocenters. The molecule has 0 fully saturated rings. The maximum absolute atomic E-state index is 5.57. The minimum atomic E-state index is 0.161. The van der Waals surface area contributed by atoms with Crippen molar-refractivity contribution in [2.75, 3.05) is 0 Å². The number of aryl methyl sites for hydroxylation is 1. The molecule has 0 saturated heterocycles. The van der Waals surface area contributed by atoms with Gasteiger partial charge in [-0.15, -0.1) is 0 Å². The van der Waals surface area contributed by atoms with Gasteiger partial charge in [0.15, 0.2) is 0 Å². The first-order valence-electron chi connectivity index (χ1n) is 4.81. The van der Waals surface area contributed by atoms with Crippen LogP contribution in [0.3, 0.4) is 0 Å². The molecule has 80 valence electrons. The van der Waals surface area contributed by atoms with Crippen molar-refractivity contribution in [1.82, 2.24) is 5.43 Å². The molecule has 0 amide bonds. The summed E-state index contributed by atoms with van der Waals surface area (Å²) >= 11 is 1.70. The molecule has 3 nitrogen and oxygen atoms in total. The van der Waals surface area contributed by atoms with Crippen molar-refractivity contribution in [2.45, 2.75) is 19.4 Å². The SMILES string of the molecule is Cc1cscc1C(Cc1ccoc1)NN. The van der Waals surface area contributed by atoms with Crippen molar-refractivity contribution < 1.29 is 4.42 Å². The van der Waals surface area contributed by atoms with Gasteiger partial charge in [-0.2, -0.15) is 11.3 Å². The molecule has 2 heterocycles. The predicted molar refractivity (Wildman–Crippen MR) is 61.5 cm³/mol. The van der Waals surface area contributed by atoms with E-state index in [1.807, 2.05) is 6.07 Å². The molecule has 0 aliphatic rings. The molecule has 0 radical (unpaired) electrons. The second kappa shape index (κ2) is 4.61. The summed E-state index contributed by atoms with van der Waals surface area (Å²) in [7, 11) is 0. The van der Waals surface area contributed by atoms with Crippen LogP contribution < -0.4 is 11.3 Å². The van der Waals surface area contributed by atoms with Crippen molar-refractivity contribution in [3.63, 3.8) is 0 Å². The summed E-state index contributed by atoms with van der Waals surface area (Å²) in [5, 5.41) is 4.27. The van der Waals surface area contributed by atoms with Crippen LogP contribution >= 0.6 is 11.3 Å². The van der Waals surface area contributed by atoms with Gasteiger partial charge < -0.3 is 4.42 Å². The van der Waals surface area contributed by atoms with E-state index < -0.39 is 0 Å². The van der Waals surface area contributed by atoms with Crippen LogP contribution in [0.15, 0.2) is 33.8 Å². The highest BCUT2D eigenvalue weighted by Crippen LogP contribution is 2.24. The van der Waals surface area contributed by atoms with Gasteiger partial charge in [-0.3, -0.25) is 11.3 Å². The minimum Gasteiger partial charge on any atom is -0.472 e. The van der Waals surface area contributed by atoms with Gasteiger partial charge in [0, 0.05) is 0 Å². The second-order valence-electron chi connectivity index (χ2n) is 3.57. The van der Waals surface area contributed by atoms with Crippen molar-refractivity contribution in [1.29, 1.82) is 0 Å². The summed E-state index contributed by atoms with van der Waals surface area (Å²) in [5.74, 6) is 5.57. The third kappa shape index (κ3) is 2.28. The number of hydrazine groups is 1. The van der Waals surface area contributed by atoms with Crippen LogP contribution in [0.5, 0.6) is 0 Å². The van der Waals surface area contributed by atoms with E-state index in [1.54, 1.807) is 23.9 Å². The van der Waals surface area contributed by atoms with Crippen LogP contribution in [0.4, 0.5) is 0 Å². The monoisotopic (exact) mass is 222 g/mol. The highest BCUT2D eigenvalue weighted by atomic mass is 32.1. The summed E-state index contributed by atoms with van der Waals surface area (Å²) in [6.45, 7) is 2.10. The highest BCUT2D eigenvalue weighted by Gasteiger charge is 2.13. The van der Waals surface area contributed by atoms with E-state index in [2.05, 4.69) is 23.1 Å². The molecule has 15 heavy (non-hydrogen) atoms. The third-order valence-corrected chi connectivity index (χ3v) is 3.37. The van der Waals surface area contributed by atoms with Crippen molar-refractivity contribution in [2.24, 2.45) is 5.84 Å². The Balaban J connectivity index is 2.15. The topological polar surface area (TPSA) is 51.2 Å². The van der Waals surface area contributed by atoms with Crippen LogP contribution in [-0.4, -0.2) is 0 Å². The summed E-state index contributed by atoms with van der Waals surface area (Å²) in [5.41, 5.74) is 6.56. The first-order valence-corrected chi connectivity index (χ1v) is 5.75. The lowest BCUT2D eigenvalue weighted by Crippen LogP contribution is -2.29. The van der Waals surface area contributed by atoms with Crippen LogP contribution in [-0.2, 0) is 6.42 Å². The molecule has 2 aromatic heterocycles. The molecule has 0 aliphatic heterocycles. The minimum absolute atomic E-state index is 0.161. The molecule has 2 rings (SSSR count). The fourth-order valence-electron chi connectivity index (χ4n) is 1.63. The van der Waals surface area contributed by atoms with Crippen molar-refractivity contribution in [3.05, 3.63) is 46.0 Å². The summed E-state index contributed by atoms with van der Waals surface area (Å²) in [6, 6.07) is 2.13. The molecule has 0 saturated carbocycles. The van der Waals surface area contributed by atoms with Gasteiger partial charge in [0.1, 0.15) is 0 Å². The first kappa shape index (κ1) is 10.4. The van der Waals surface area contributed by atoms with Crippen molar-refractivity contribution in [3.8, 4) is 0 Å². The zero-order valence-corrected chi connectivity index (χ0v) is 9.38. The van der Waals surface area contributed by atoms with Gasteiger partial charge in [0.05, 0.1) is 18.6 Å². The number of furan rings is 1. The molecule has 2 aromatic rings. The normalized spacial score (nSPS) is 12.9. The van der Waals surface area contributed by atoms with Crippen LogP contribution in [0.2, 0.25) is 0 Å². The maximum atomic E-state index is 5.57. The summed E-state index contributed by atoms with van der Waals surface area (Å²) in [4.78, 5) is 0. The molecular formula is C11H14N2OS. The second-order valence-corrected chi connectivity index (χ2v) is 4.31. The van der Waals surface area contributed by atoms with E-state index in [0.29, 0.717) is 0 Å². The molecule has 0 aliphatic carbocycles. The Kier molecular flexibility index (Phi) is 3.20. The molecular weight excluding hydrogens is 208 g/mol. The van der Waals surface area contributed by atoms with Crippen molar-refractivity contribution >= 4 is 11.3 Å². The lowest BCUT2D eigenvalue weighted by atomic mass is 10.0. The fraction of sp³-hybridized carbons (Fsp3) is 0.273. The van der Waals surface area contributed by atoms with E-state index in [4.69, 9.17) is 10.3 Å². The maximum Gasteiger partial charge on any atom is 0.0935 e. The average Bonchev–Trinajstić information content (AvgIpc) is 2.85. The first-order chi connectivity index (χ1) is 7.31. The molecule has 0 aromatic carbocycles. The van der Waals surface area contributed by atoms with Gasteiger partial charge in [0.2, 0.25) is 0 Å². The standard InChI is InChI=1S/C11H14N2OS/c1-8-6-15-7-10(8)11(13-12)4-9-2-3-14-5-9/h2-3,5-7,11,13H,4,12H2,1H3. The average molecular weight is 222 g/mol. The summed E-state index contributed by atoms with van der Waals surface area (Å²) < 4.78 is 5.04. The van der Waals surface area contributed by atoms with Gasteiger partial charge in [-0.25, -0.2) is 0 Å². The Morgan fingerprint density at radius 2 is 2.40 bits per heavy atom. The zero-order valence-electron chi connectivity index (χ0n) is 8.57. The van der Waals surface area contributed by atoms with E-state index in [1.165, 1.54) is 11.1 Å². The van der Waals surface area contributed by atoms with Gasteiger partial charge in [0.25, 0.3) is 0 Å². The van der Waals surface area contributed by atoms with Gasteiger partial charge in [-0.1, -0.05) is 0 Å². The molecule has 3 N–H and O–H groups in total. The molecule has 0 spiro atoms. The zero-order chi connectivity index (χ0) is 10.7. The van der Waals surface area contributed by atoms with Crippen LogP contribution in [0.1, 0.15) is 22.7 Å². The summed E-state index contributed by atoms with van der Waals surface area (Å²) in [6.07, 6.45) is 4.29. The lowest BCUT2D eigenvalue weighted by molar-refractivity contribution is 0.535. The smallest absolute Gasteiger partial charge is 0.0935 e. The molecule has 4 heteroatoms. The Hall–Kier alpha value is -1.10. The molecule has 1 atom stereocenters. The van der Waals surface area contributed by atoms with Gasteiger partial charge in [-0.05, 0) is 46.9 Å². The van der Waals surface area contributed by atoms with E-state index >= 15 is 0 Å². The number of hydrogen-bond acceptors (Lipinski definition) is 4. The Morgan fingerprint density at radius 3 is 2.93 bits per heavy atom. The fourth-order valence-corrected chi connectivity index (χ4v) is 2.54. The number of nitrogens with one attached hydrogen (secondary N) is 1. The number of hydrogen-bond donors (Lipinski definition) is 2. The number of nitrogens with two attached hydrogens (primary N) is 1. The number of thiophene rings is 1. The Bertz CT molecular complexity index is 408.